The molecule has 0 fully saturated rings. The van der Waals surface area contributed by atoms with Gasteiger partial charge in [-0.3, -0.25) is 0 Å². The van der Waals surface area contributed by atoms with Crippen LogP contribution >= 0.6 is 0 Å². The quantitative estimate of drug-likeness (QED) is 0.621. The number of ether oxygens (including phenoxy) is 1. The number of hydrogen-bond donors (Lipinski definition) is 2. The Morgan fingerprint density at radius 2 is 2.07 bits per heavy atom. The lowest BCUT2D eigenvalue weighted by Gasteiger charge is -2.19. The number of aromatic nitrogens is 1. The van der Waals surface area contributed by atoms with Crippen molar-refractivity contribution < 1.29 is 4.74 Å². The third-order valence-corrected chi connectivity index (χ3v) is 2.98. The number of nitrogens with one attached hydrogen (secondary N) is 1. The molecule has 1 aromatic heterocycles. The summed E-state index contributed by atoms with van der Waals surface area (Å²) in [6, 6.07) is 0. The molecule has 2 aliphatic heterocycles. The first-order chi connectivity index (χ1) is 6.86. The lowest BCUT2D eigenvalue weighted by atomic mass is 9.97. The number of fused-ring (bicyclic) bond motifs is 3. The van der Waals surface area contributed by atoms with Gasteiger partial charge in [-0.2, -0.15) is 0 Å². The molecular formula is C10H13N3O. The predicted octanol–water partition coefficient (Wildman–Crippen LogP) is 0.340. The van der Waals surface area contributed by atoms with Crippen LogP contribution in [0.15, 0.2) is 0 Å². The first-order valence-electron chi connectivity index (χ1n) is 4.93. The standard InChI is InChI=1S/C10H13N3O/c11-10-8-5-14-4-7(8)6-1-2-12-3-9(6)13-10/h12H,1-5H2,(H2,11,13). The second kappa shape index (κ2) is 2.93. The van der Waals surface area contributed by atoms with Crippen LogP contribution in [0.1, 0.15) is 22.4 Å². The Kier molecular flexibility index (Phi) is 1.72. The maximum absolute atomic E-state index is 5.88. The molecule has 14 heavy (non-hydrogen) atoms. The average Bonchev–Trinajstić information content (AvgIpc) is 2.67. The van der Waals surface area contributed by atoms with Crippen molar-refractivity contribution in [1.82, 2.24) is 10.3 Å². The zero-order valence-electron chi connectivity index (χ0n) is 7.97. The molecule has 74 valence electrons. The third kappa shape index (κ3) is 1.04. The van der Waals surface area contributed by atoms with Crippen LogP contribution in [-0.4, -0.2) is 11.5 Å². The van der Waals surface area contributed by atoms with Crippen molar-refractivity contribution in [2.45, 2.75) is 26.2 Å². The molecule has 3 rings (SSSR count). The van der Waals surface area contributed by atoms with Gasteiger partial charge in [-0.1, -0.05) is 0 Å². The topological polar surface area (TPSA) is 60.2 Å². The highest BCUT2D eigenvalue weighted by molar-refractivity contribution is 5.52. The summed E-state index contributed by atoms with van der Waals surface area (Å²) in [5, 5.41) is 3.30. The molecule has 0 amide bonds. The summed E-state index contributed by atoms with van der Waals surface area (Å²) >= 11 is 0. The second-order valence-electron chi connectivity index (χ2n) is 3.80. The summed E-state index contributed by atoms with van der Waals surface area (Å²) in [7, 11) is 0. The van der Waals surface area contributed by atoms with Crippen LogP contribution in [0.2, 0.25) is 0 Å². The third-order valence-electron chi connectivity index (χ3n) is 2.98. The molecule has 0 aliphatic carbocycles. The molecule has 1 aromatic rings. The van der Waals surface area contributed by atoms with Gasteiger partial charge in [0.15, 0.2) is 0 Å². The minimum atomic E-state index is 0.634. The van der Waals surface area contributed by atoms with Gasteiger partial charge in [0.2, 0.25) is 0 Å². The molecule has 2 aliphatic rings. The Morgan fingerprint density at radius 1 is 1.21 bits per heavy atom. The van der Waals surface area contributed by atoms with Crippen molar-refractivity contribution in [3.05, 3.63) is 22.4 Å². The lowest BCUT2D eigenvalue weighted by Crippen LogP contribution is -2.26. The first-order valence-corrected chi connectivity index (χ1v) is 4.93. The number of nitrogens with zero attached hydrogens (tertiary/aromatic N) is 1. The van der Waals surface area contributed by atoms with Gasteiger partial charge in [0, 0.05) is 12.1 Å². The Hall–Kier alpha value is -1.13. The largest absolute Gasteiger partial charge is 0.383 e. The minimum absolute atomic E-state index is 0.634. The number of rotatable bonds is 0. The molecule has 4 nitrogen and oxygen atoms in total. The van der Waals surface area contributed by atoms with Gasteiger partial charge in [0.25, 0.3) is 0 Å². The summed E-state index contributed by atoms with van der Waals surface area (Å²) in [5.41, 5.74) is 10.8. The van der Waals surface area contributed by atoms with Crippen molar-refractivity contribution in [2.75, 3.05) is 12.3 Å². The van der Waals surface area contributed by atoms with Gasteiger partial charge < -0.3 is 15.8 Å². The van der Waals surface area contributed by atoms with Crippen molar-refractivity contribution in [3.63, 3.8) is 0 Å². The Balaban J connectivity index is 2.22. The van der Waals surface area contributed by atoms with E-state index in [-0.39, 0.29) is 0 Å². The Morgan fingerprint density at radius 3 is 3.00 bits per heavy atom. The average molecular weight is 191 g/mol. The molecule has 0 bridgehead atoms. The van der Waals surface area contributed by atoms with Gasteiger partial charge in [0.1, 0.15) is 5.82 Å². The molecule has 3 N–H and O–H groups in total. The highest BCUT2D eigenvalue weighted by Gasteiger charge is 2.23. The van der Waals surface area contributed by atoms with E-state index in [9.17, 15) is 0 Å². The predicted molar refractivity (Wildman–Crippen MR) is 52.6 cm³/mol. The smallest absolute Gasteiger partial charge is 0.129 e. The molecule has 4 heteroatoms. The van der Waals surface area contributed by atoms with Crippen LogP contribution in [0.4, 0.5) is 5.82 Å². The van der Waals surface area contributed by atoms with Crippen molar-refractivity contribution in [1.29, 1.82) is 0 Å². The molecule has 0 aromatic carbocycles. The van der Waals surface area contributed by atoms with E-state index in [4.69, 9.17) is 10.5 Å². The van der Waals surface area contributed by atoms with E-state index in [2.05, 4.69) is 10.3 Å². The van der Waals surface area contributed by atoms with Crippen LogP contribution < -0.4 is 11.1 Å². The molecule has 0 saturated carbocycles. The van der Waals surface area contributed by atoms with Crippen molar-refractivity contribution in [2.24, 2.45) is 0 Å². The van der Waals surface area contributed by atoms with Gasteiger partial charge in [-0.05, 0) is 24.1 Å². The van der Waals surface area contributed by atoms with Crippen LogP contribution in [0.5, 0.6) is 0 Å². The highest BCUT2D eigenvalue weighted by Crippen LogP contribution is 2.30. The normalized spacial score (nSPS) is 19.1. The van der Waals surface area contributed by atoms with E-state index in [0.29, 0.717) is 19.0 Å². The Bertz CT molecular complexity index is 389. The van der Waals surface area contributed by atoms with Gasteiger partial charge in [-0.15, -0.1) is 0 Å². The van der Waals surface area contributed by atoms with E-state index in [0.717, 1.165) is 30.8 Å². The molecule has 0 unspecified atom stereocenters. The molecular weight excluding hydrogens is 178 g/mol. The fourth-order valence-corrected chi connectivity index (χ4v) is 2.24. The summed E-state index contributed by atoms with van der Waals surface area (Å²) in [6.45, 7) is 3.22. The van der Waals surface area contributed by atoms with E-state index in [1.807, 2.05) is 0 Å². The lowest BCUT2D eigenvalue weighted by molar-refractivity contribution is 0.134. The van der Waals surface area contributed by atoms with Crippen molar-refractivity contribution >= 4 is 5.82 Å². The summed E-state index contributed by atoms with van der Waals surface area (Å²) < 4.78 is 5.42. The van der Waals surface area contributed by atoms with Crippen LogP contribution in [0, 0.1) is 0 Å². The molecule has 0 saturated heterocycles. The molecule has 0 radical (unpaired) electrons. The maximum Gasteiger partial charge on any atom is 0.129 e. The maximum atomic E-state index is 5.88. The fraction of sp³-hybridized carbons (Fsp3) is 0.500. The molecule has 3 heterocycles. The SMILES string of the molecule is Nc1nc2c(c3c1COC3)CCNC2. The first kappa shape index (κ1) is 8.20. The minimum Gasteiger partial charge on any atom is -0.383 e. The number of nitrogen functional groups attached to an aromatic ring is 1. The van der Waals surface area contributed by atoms with Crippen molar-refractivity contribution in [3.8, 4) is 0 Å². The summed E-state index contributed by atoms with van der Waals surface area (Å²) in [6.07, 6.45) is 1.05. The zero-order valence-corrected chi connectivity index (χ0v) is 7.97. The number of nitrogens with two attached hydrogens (primary N) is 1. The van der Waals surface area contributed by atoms with E-state index in [1.54, 1.807) is 0 Å². The van der Waals surface area contributed by atoms with Gasteiger partial charge >= 0.3 is 0 Å². The number of pyridine rings is 1. The highest BCUT2D eigenvalue weighted by atomic mass is 16.5. The number of hydrogen-bond acceptors (Lipinski definition) is 4. The van der Waals surface area contributed by atoms with Crippen LogP contribution in [0.25, 0.3) is 0 Å². The number of anilines is 1. The Labute approximate surface area is 82.5 Å². The van der Waals surface area contributed by atoms with E-state index >= 15 is 0 Å². The second-order valence-corrected chi connectivity index (χ2v) is 3.80. The van der Waals surface area contributed by atoms with E-state index < -0.39 is 0 Å². The monoisotopic (exact) mass is 191 g/mol. The molecule has 0 atom stereocenters. The summed E-state index contributed by atoms with van der Waals surface area (Å²) in [4.78, 5) is 4.42. The van der Waals surface area contributed by atoms with E-state index in [1.165, 1.54) is 11.1 Å². The fourth-order valence-electron chi connectivity index (χ4n) is 2.24. The van der Waals surface area contributed by atoms with Crippen LogP contribution in [-0.2, 0) is 30.9 Å². The molecule has 0 spiro atoms. The van der Waals surface area contributed by atoms with Gasteiger partial charge in [0.05, 0.1) is 18.9 Å². The summed E-state index contributed by atoms with van der Waals surface area (Å²) in [5.74, 6) is 0.653. The zero-order chi connectivity index (χ0) is 9.54. The van der Waals surface area contributed by atoms with Gasteiger partial charge in [-0.25, -0.2) is 4.98 Å². The van der Waals surface area contributed by atoms with Crippen LogP contribution in [0.3, 0.4) is 0 Å².